The number of aliphatic hydroxyl groups excluding tert-OH is 2. The number of carbonyl (C=O) groups is 3. The predicted molar refractivity (Wildman–Crippen MR) is 146 cm³/mol. The number of phenolic OH excluding ortho intramolecular Hbond substituents is 1. The number of aryl methyl sites for hydroxylation is 1. The van der Waals surface area contributed by atoms with Crippen LogP contribution in [-0.2, 0) is 20.8 Å². The van der Waals surface area contributed by atoms with Crippen molar-refractivity contribution in [2.45, 2.75) is 60.0 Å². The molecule has 39 heavy (non-hydrogen) atoms. The molecule has 0 bridgehead atoms. The number of hydrogen-bond acceptors (Lipinski definition) is 7. The molecule has 0 aromatic heterocycles. The maximum absolute atomic E-state index is 14.4. The van der Waals surface area contributed by atoms with Gasteiger partial charge in [0.25, 0.3) is 0 Å². The van der Waals surface area contributed by atoms with Crippen molar-refractivity contribution in [2.75, 3.05) is 0 Å². The fourth-order valence-electron chi connectivity index (χ4n) is 7.85. The van der Waals surface area contributed by atoms with Crippen LogP contribution in [-0.4, -0.2) is 43.4 Å². The second kappa shape index (κ2) is 8.39. The van der Waals surface area contributed by atoms with Gasteiger partial charge in [-0.3, -0.25) is 14.4 Å². The van der Waals surface area contributed by atoms with Crippen LogP contribution in [0.2, 0.25) is 0 Å². The van der Waals surface area contributed by atoms with E-state index in [-0.39, 0.29) is 35.6 Å². The van der Waals surface area contributed by atoms with Crippen molar-refractivity contribution >= 4 is 23.1 Å². The summed E-state index contributed by atoms with van der Waals surface area (Å²) < 4.78 is 0. The van der Waals surface area contributed by atoms with E-state index in [9.17, 15) is 34.8 Å². The van der Waals surface area contributed by atoms with E-state index in [2.05, 4.69) is 0 Å². The van der Waals surface area contributed by atoms with Crippen molar-refractivity contribution in [1.82, 2.24) is 0 Å². The Balaban J connectivity index is 1.84. The molecule has 1 fully saturated rings. The van der Waals surface area contributed by atoms with Crippen molar-refractivity contribution in [3.8, 4) is 16.9 Å². The summed E-state index contributed by atoms with van der Waals surface area (Å²) in [5.74, 6) is -5.25. The molecule has 2 aromatic rings. The second-order valence-corrected chi connectivity index (χ2v) is 12.3. The van der Waals surface area contributed by atoms with Gasteiger partial charge >= 0.3 is 0 Å². The fraction of sp³-hybridized carbons (Fsp3) is 0.406. The smallest absolute Gasteiger partial charge is 0.203 e. The second-order valence-electron chi connectivity index (χ2n) is 12.3. The molecule has 1 unspecified atom stereocenters. The van der Waals surface area contributed by atoms with Crippen LogP contribution in [0, 0.1) is 29.6 Å². The summed E-state index contributed by atoms with van der Waals surface area (Å²) in [6, 6.07) is 11.0. The van der Waals surface area contributed by atoms with Crippen molar-refractivity contribution in [3.05, 3.63) is 70.0 Å². The molecule has 3 aliphatic carbocycles. The molecule has 0 spiro atoms. The highest BCUT2D eigenvalue weighted by Crippen LogP contribution is 2.65. The van der Waals surface area contributed by atoms with E-state index in [4.69, 9.17) is 0 Å². The molecule has 3 aliphatic rings. The minimum atomic E-state index is -2.61. The standard InChI is InChI=1S/C32H34O7/c1-15(2)24-26(35)22(17(4)33)28(37)32(39)29(38)25-27(36)23-20(13-30(25,5)14-31(24,32)6)19(11-12-21(23)34)18-10-8-7-9-16(18)3/h7-12,15,24,34,36-37,39H,13-14H2,1-6H3/t24?,30-,31-,32+/m1/s1. The van der Waals surface area contributed by atoms with Gasteiger partial charge in [0, 0.05) is 22.3 Å². The van der Waals surface area contributed by atoms with Gasteiger partial charge in [-0.2, -0.15) is 0 Å². The number of aliphatic hydroxyl groups is 3. The van der Waals surface area contributed by atoms with Gasteiger partial charge in [0.2, 0.25) is 5.78 Å². The molecule has 4 atom stereocenters. The molecule has 4 N–H and O–H groups in total. The molecule has 0 radical (unpaired) electrons. The maximum Gasteiger partial charge on any atom is 0.203 e. The van der Waals surface area contributed by atoms with Crippen molar-refractivity contribution < 1.29 is 34.8 Å². The zero-order valence-electron chi connectivity index (χ0n) is 23.0. The van der Waals surface area contributed by atoms with Crippen molar-refractivity contribution in [2.24, 2.45) is 22.7 Å². The zero-order chi connectivity index (χ0) is 28.8. The number of fused-ring (bicyclic) bond motifs is 3. The highest BCUT2D eigenvalue weighted by molar-refractivity contribution is 6.24. The minimum Gasteiger partial charge on any atom is -0.508 e. The van der Waals surface area contributed by atoms with Gasteiger partial charge in [0.15, 0.2) is 17.2 Å². The molecular formula is C32H34O7. The Morgan fingerprint density at radius 1 is 1.00 bits per heavy atom. The first-order chi connectivity index (χ1) is 18.1. The lowest BCUT2D eigenvalue weighted by Crippen LogP contribution is -2.69. The molecule has 204 valence electrons. The first-order valence-corrected chi connectivity index (χ1v) is 13.2. The van der Waals surface area contributed by atoms with E-state index >= 15 is 0 Å². The summed E-state index contributed by atoms with van der Waals surface area (Å²) in [5, 5.41) is 45.9. The average molecular weight is 531 g/mol. The van der Waals surface area contributed by atoms with E-state index in [0.29, 0.717) is 5.56 Å². The lowest BCUT2D eigenvalue weighted by atomic mass is 9.43. The third kappa shape index (κ3) is 3.29. The SMILES string of the molecule is CC(=O)C1=C(O)[C@]2(O)C(=O)C3=C(O)c4c(O)ccc(-c5ccccc5C)c4C[C@]3(C)C[C@]2(C)C(C(C)C)C1=O. The third-order valence-electron chi connectivity index (χ3n) is 9.32. The molecular weight excluding hydrogens is 496 g/mol. The molecule has 1 saturated carbocycles. The Hall–Kier alpha value is -3.71. The summed E-state index contributed by atoms with van der Waals surface area (Å²) in [7, 11) is 0. The van der Waals surface area contributed by atoms with E-state index in [1.54, 1.807) is 33.8 Å². The van der Waals surface area contributed by atoms with Crippen LogP contribution < -0.4 is 0 Å². The van der Waals surface area contributed by atoms with E-state index < -0.39 is 56.8 Å². The number of carbonyl (C=O) groups excluding carboxylic acids is 3. The van der Waals surface area contributed by atoms with Gasteiger partial charge in [-0.25, -0.2) is 0 Å². The van der Waals surface area contributed by atoms with E-state index in [1.807, 2.05) is 31.2 Å². The highest BCUT2D eigenvalue weighted by Gasteiger charge is 2.72. The highest BCUT2D eigenvalue weighted by atomic mass is 16.3. The van der Waals surface area contributed by atoms with Crippen LogP contribution in [0.15, 0.2) is 53.3 Å². The minimum absolute atomic E-state index is 0.0633. The number of rotatable bonds is 3. The van der Waals surface area contributed by atoms with Gasteiger partial charge in [0.1, 0.15) is 22.8 Å². The summed E-state index contributed by atoms with van der Waals surface area (Å²) in [6.07, 6.45) is 0.300. The Labute approximate surface area is 227 Å². The van der Waals surface area contributed by atoms with Gasteiger partial charge in [-0.15, -0.1) is 0 Å². The topological polar surface area (TPSA) is 132 Å². The molecule has 0 aliphatic heterocycles. The first-order valence-electron chi connectivity index (χ1n) is 13.2. The molecule has 7 nitrogen and oxygen atoms in total. The molecule has 0 heterocycles. The Kier molecular flexibility index (Phi) is 5.78. The summed E-state index contributed by atoms with van der Waals surface area (Å²) >= 11 is 0. The third-order valence-corrected chi connectivity index (χ3v) is 9.32. The quantitative estimate of drug-likeness (QED) is 0.403. The van der Waals surface area contributed by atoms with Gasteiger partial charge in [-0.05, 0) is 60.9 Å². The van der Waals surface area contributed by atoms with Crippen molar-refractivity contribution in [3.63, 3.8) is 0 Å². The molecule has 0 saturated heterocycles. The number of hydrogen-bond donors (Lipinski definition) is 4. The van der Waals surface area contributed by atoms with E-state index in [1.165, 1.54) is 6.07 Å². The zero-order valence-corrected chi connectivity index (χ0v) is 23.0. The number of phenols is 1. The summed E-state index contributed by atoms with van der Waals surface area (Å²) in [6.45, 7) is 10.1. The normalized spacial score (nSPS) is 30.3. The molecule has 7 heteroatoms. The first kappa shape index (κ1) is 26.9. The predicted octanol–water partition coefficient (Wildman–Crippen LogP) is 5.17. The van der Waals surface area contributed by atoms with Crippen molar-refractivity contribution in [1.29, 1.82) is 0 Å². The number of Topliss-reactive ketones (excluding diaryl/α,β-unsaturated/α-hetero) is 3. The number of benzene rings is 2. The Bertz CT molecular complexity index is 1540. The lowest BCUT2D eigenvalue weighted by molar-refractivity contribution is -0.178. The fourth-order valence-corrected chi connectivity index (χ4v) is 7.85. The van der Waals surface area contributed by atoms with Crippen LogP contribution in [0.4, 0.5) is 0 Å². The Morgan fingerprint density at radius 3 is 2.23 bits per heavy atom. The van der Waals surface area contributed by atoms with Crippen LogP contribution in [0.25, 0.3) is 16.9 Å². The molecule has 5 rings (SSSR count). The van der Waals surface area contributed by atoms with Gasteiger partial charge in [0.05, 0.1) is 5.56 Å². The summed E-state index contributed by atoms with van der Waals surface area (Å²) in [5.41, 5.74) is -2.38. The average Bonchev–Trinajstić information content (AvgIpc) is 2.81. The molecule has 0 amide bonds. The number of ketones is 3. The number of aromatic hydroxyl groups is 1. The summed E-state index contributed by atoms with van der Waals surface area (Å²) in [4.78, 5) is 40.5. The van der Waals surface area contributed by atoms with Crippen LogP contribution in [0.1, 0.15) is 57.7 Å². The van der Waals surface area contributed by atoms with Crippen LogP contribution >= 0.6 is 0 Å². The lowest BCUT2D eigenvalue weighted by Gasteiger charge is -2.59. The Morgan fingerprint density at radius 2 is 1.64 bits per heavy atom. The largest absolute Gasteiger partial charge is 0.508 e. The maximum atomic E-state index is 14.4. The van der Waals surface area contributed by atoms with Crippen LogP contribution in [0.5, 0.6) is 5.75 Å². The number of allylic oxidation sites excluding steroid dienone is 1. The molecule has 2 aromatic carbocycles. The monoisotopic (exact) mass is 530 g/mol. The van der Waals surface area contributed by atoms with E-state index in [0.717, 1.165) is 23.6 Å². The van der Waals surface area contributed by atoms with Gasteiger partial charge in [-0.1, -0.05) is 58.0 Å². The van der Waals surface area contributed by atoms with Crippen LogP contribution in [0.3, 0.4) is 0 Å². The van der Waals surface area contributed by atoms with Gasteiger partial charge < -0.3 is 20.4 Å².